The molecule has 1 heterocycles. The Morgan fingerprint density at radius 2 is 1.87 bits per heavy atom. The molecule has 4 nitrogen and oxygen atoms in total. The van der Waals surface area contributed by atoms with Gasteiger partial charge < -0.3 is 5.32 Å². The van der Waals surface area contributed by atoms with E-state index < -0.39 is 0 Å². The molecule has 0 aromatic heterocycles. The molecule has 0 saturated carbocycles. The average molecular weight is 342 g/mol. The van der Waals surface area contributed by atoms with Gasteiger partial charge in [0.2, 0.25) is 5.91 Å². The van der Waals surface area contributed by atoms with E-state index in [0.717, 1.165) is 26.2 Å². The van der Waals surface area contributed by atoms with Crippen molar-refractivity contribution in [1.82, 2.24) is 15.1 Å². The van der Waals surface area contributed by atoms with Gasteiger partial charge in [-0.2, -0.15) is 0 Å². The van der Waals surface area contributed by atoms with Crippen molar-refractivity contribution < 1.29 is 9.18 Å². The minimum absolute atomic E-state index is 0.0966. The number of nitrogens with zero attached hydrogens (tertiary/aromatic N) is 2. The molecule has 0 unspecified atom stereocenters. The fourth-order valence-corrected chi connectivity index (χ4v) is 3.23. The second-order valence-corrected chi connectivity index (χ2v) is 6.66. The molecule has 1 aromatic carbocycles. The number of halogens is 2. The zero-order valence-corrected chi connectivity index (χ0v) is 14.7. The van der Waals surface area contributed by atoms with Gasteiger partial charge in [-0.05, 0) is 32.0 Å². The summed E-state index contributed by atoms with van der Waals surface area (Å²) in [5.74, 6) is -0.407. The number of rotatable bonds is 5. The lowest BCUT2D eigenvalue weighted by molar-refractivity contribution is -0.122. The number of amides is 1. The molecule has 1 amide bonds. The van der Waals surface area contributed by atoms with Gasteiger partial charge in [-0.3, -0.25) is 14.6 Å². The predicted octanol–water partition coefficient (Wildman–Crippen LogP) is 2.68. The highest BCUT2D eigenvalue weighted by atomic mass is 35.5. The topological polar surface area (TPSA) is 35.6 Å². The highest BCUT2D eigenvalue weighted by molar-refractivity contribution is 6.30. The van der Waals surface area contributed by atoms with Gasteiger partial charge in [0.15, 0.2) is 0 Å². The molecule has 6 heteroatoms. The molecule has 1 atom stereocenters. The van der Waals surface area contributed by atoms with Crippen LogP contribution < -0.4 is 5.32 Å². The van der Waals surface area contributed by atoms with Crippen LogP contribution in [0.4, 0.5) is 4.39 Å². The number of hydrogen-bond acceptors (Lipinski definition) is 3. The van der Waals surface area contributed by atoms with E-state index >= 15 is 0 Å². The molecule has 1 aliphatic rings. The average Bonchev–Trinajstić information content (AvgIpc) is 2.55. The summed E-state index contributed by atoms with van der Waals surface area (Å²) in [6, 6.07) is 4.76. The monoisotopic (exact) mass is 341 g/mol. The molecule has 0 spiro atoms. The van der Waals surface area contributed by atoms with Crippen molar-refractivity contribution in [2.75, 3.05) is 33.2 Å². The highest BCUT2D eigenvalue weighted by Crippen LogP contribution is 2.30. The van der Waals surface area contributed by atoms with Crippen LogP contribution in [0.1, 0.15) is 31.9 Å². The molecule has 128 valence electrons. The van der Waals surface area contributed by atoms with Gasteiger partial charge in [-0.25, -0.2) is 4.39 Å². The Bertz CT molecular complexity index is 545. The van der Waals surface area contributed by atoms with E-state index in [1.165, 1.54) is 12.1 Å². The quantitative estimate of drug-likeness (QED) is 0.894. The van der Waals surface area contributed by atoms with Crippen molar-refractivity contribution in [3.05, 3.63) is 34.6 Å². The molecule has 1 aliphatic heterocycles. The second kappa shape index (κ2) is 8.08. The summed E-state index contributed by atoms with van der Waals surface area (Å²) in [5.41, 5.74) is 0.499. The normalized spacial score (nSPS) is 18.2. The van der Waals surface area contributed by atoms with Crippen LogP contribution in [-0.2, 0) is 4.79 Å². The maximum absolute atomic E-state index is 14.3. The lowest BCUT2D eigenvalue weighted by atomic mass is 9.99. The maximum Gasteiger partial charge on any atom is 0.221 e. The Kier molecular flexibility index (Phi) is 6.39. The lowest BCUT2D eigenvalue weighted by Gasteiger charge is -2.41. The summed E-state index contributed by atoms with van der Waals surface area (Å²) in [7, 11) is 1.60. The zero-order chi connectivity index (χ0) is 17.0. The van der Waals surface area contributed by atoms with Crippen LogP contribution >= 0.6 is 11.6 Å². The molecular weight excluding hydrogens is 317 g/mol. The third-order valence-corrected chi connectivity index (χ3v) is 4.73. The van der Waals surface area contributed by atoms with Crippen molar-refractivity contribution in [3.8, 4) is 0 Å². The van der Waals surface area contributed by atoms with Crippen molar-refractivity contribution in [3.63, 3.8) is 0 Å². The van der Waals surface area contributed by atoms with E-state index in [1.54, 1.807) is 13.1 Å². The minimum atomic E-state index is -0.311. The molecule has 0 bridgehead atoms. The van der Waals surface area contributed by atoms with E-state index in [0.29, 0.717) is 16.6 Å². The standard InChI is InChI=1S/C17H25ClFN3O/c1-12(2)21-6-8-22(9-7-21)16(11-17(23)20-3)14-10-13(18)4-5-15(14)19/h4-5,10,12,16H,6-9,11H2,1-3H3,(H,20,23)/t16-/m0/s1. The van der Waals surface area contributed by atoms with Gasteiger partial charge in [0.1, 0.15) is 5.82 Å². The molecule has 0 aliphatic carbocycles. The summed E-state index contributed by atoms with van der Waals surface area (Å²) in [5, 5.41) is 3.12. The van der Waals surface area contributed by atoms with E-state index in [1.807, 2.05) is 0 Å². The largest absolute Gasteiger partial charge is 0.359 e. The van der Waals surface area contributed by atoms with E-state index in [9.17, 15) is 9.18 Å². The van der Waals surface area contributed by atoms with Gasteiger partial charge in [0, 0.05) is 62.3 Å². The van der Waals surface area contributed by atoms with Crippen LogP contribution in [0, 0.1) is 5.82 Å². The van der Waals surface area contributed by atoms with Crippen molar-refractivity contribution >= 4 is 17.5 Å². The molecule has 0 radical (unpaired) electrons. The molecule has 1 aromatic rings. The zero-order valence-electron chi connectivity index (χ0n) is 14.0. The van der Waals surface area contributed by atoms with Crippen LogP contribution in [-0.4, -0.2) is 55.0 Å². The lowest BCUT2D eigenvalue weighted by Crippen LogP contribution is -2.50. The molecule has 1 saturated heterocycles. The molecule has 1 N–H and O–H groups in total. The summed E-state index contributed by atoms with van der Waals surface area (Å²) in [4.78, 5) is 16.5. The maximum atomic E-state index is 14.3. The second-order valence-electron chi connectivity index (χ2n) is 6.22. The van der Waals surface area contributed by atoms with Crippen LogP contribution in [0.3, 0.4) is 0 Å². The van der Waals surface area contributed by atoms with Gasteiger partial charge in [0.05, 0.1) is 0 Å². The van der Waals surface area contributed by atoms with Gasteiger partial charge in [0.25, 0.3) is 0 Å². The van der Waals surface area contributed by atoms with Crippen molar-refractivity contribution in [2.45, 2.75) is 32.4 Å². The summed E-state index contributed by atoms with van der Waals surface area (Å²) in [6.45, 7) is 7.81. The molecule has 23 heavy (non-hydrogen) atoms. The molecular formula is C17H25ClFN3O. The highest BCUT2D eigenvalue weighted by Gasteiger charge is 2.29. The fourth-order valence-electron chi connectivity index (χ4n) is 3.05. The molecule has 2 rings (SSSR count). The van der Waals surface area contributed by atoms with Gasteiger partial charge >= 0.3 is 0 Å². The first-order valence-electron chi connectivity index (χ1n) is 8.06. The first kappa shape index (κ1) is 18.2. The third kappa shape index (κ3) is 4.66. The Hall–Kier alpha value is -1.17. The Morgan fingerprint density at radius 1 is 1.26 bits per heavy atom. The number of carbonyl (C=O) groups excluding carboxylic acids is 1. The van der Waals surface area contributed by atoms with Crippen LogP contribution in [0.15, 0.2) is 18.2 Å². The van der Waals surface area contributed by atoms with Crippen LogP contribution in [0.5, 0.6) is 0 Å². The summed E-state index contributed by atoms with van der Waals surface area (Å²) in [6.07, 6.45) is 0.232. The first-order chi connectivity index (χ1) is 10.9. The van der Waals surface area contributed by atoms with E-state index in [-0.39, 0.29) is 24.2 Å². The van der Waals surface area contributed by atoms with Gasteiger partial charge in [-0.1, -0.05) is 11.6 Å². The minimum Gasteiger partial charge on any atom is -0.359 e. The summed E-state index contributed by atoms with van der Waals surface area (Å²) < 4.78 is 14.3. The number of nitrogens with one attached hydrogen (secondary N) is 1. The SMILES string of the molecule is CNC(=O)C[C@@H](c1cc(Cl)ccc1F)N1CCN(C(C)C)CC1. The van der Waals surface area contributed by atoms with Gasteiger partial charge in [-0.15, -0.1) is 0 Å². The number of carbonyl (C=O) groups is 1. The Balaban J connectivity index is 2.21. The number of piperazine rings is 1. The van der Waals surface area contributed by atoms with Crippen LogP contribution in [0.25, 0.3) is 0 Å². The van der Waals surface area contributed by atoms with E-state index in [4.69, 9.17) is 11.6 Å². The van der Waals surface area contributed by atoms with E-state index in [2.05, 4.69) is 29.0 Å². The number of benzene rings is 1. The summed E-state index contributed by atoms with van der Waals surface area (Å²) >= 11 is 6.04. The Morgan fingerprint density at radius 3 is 2.43 bits per heavy atom. The smallest absolute Gasteiger partial charge is 0.221 e. The predicted molar refractivity (Wildman–Crippen MR) is 91.1 cm³/mol. The fraction of sp³-hybridized carbons (Fsp3) is 0.588. The van der Waals surface area contributed by atoms with Crippen molar-refractivity contribution in [2.24, 2.45) is 0 Å². The Labute approximate surface area is 142 Å². The number of hydrogen-bond donors (Lipinski definition) is 1. The third-order valence-electron chi connectivity index (χ3n) is 4.49. The first-order valence-corrected chi connectivity index (χ1v) is 8.43. The van der Waals surface area contributed by atoms with Crippen molar-refractivity contribution in [1.29, 1.82) is 0 Å². The van der Waals surface area contributed by atoms with Crippen LogP contribution in [0.2, 0.25) is 5.02 Å². The molecule has 1 fully saturated rings.